The van der Waals surface area contributed by atoms with Gasteiger partial charge in [0.1, 0.15) is 5.03 Å². The maximum Gasteiger partial charge on any atom is 0.447 e. The van der Waals surface area contributed by atoms with E-state index in [1.807, 2.05) is 0 Å². The zero-order valence-electron chi connectivity index (χ0n) is 6.45. The van der Waals surface area contributed by atoms with Crippen LogP contribution in [0, 0.1) is 0 Å². The summed E-state index contributed by atoms with van der Waals surface area (Å²) < 4.78 is 35.7. The molecule has 0 radical (unpaired) electrons. The Morgan fingerprint density at radius 1 is 1.36 bits per heavy atom. The number of carboxylic acids is 1. The monoisotopic (exact) mass is 224 g/mol. The SMILES string of the molecule is O=C(O)c1nccnc1SC(F)(F)F. The lowest BCUT2D eigenvalue weighted by atomic mass is 10.5. The molecular weight excluding hydrogens is 221 g/mol. The Bertz CT molecular complexity index is 355. The zero-order chi connectivity index (χ0) is 10.8. The fourth-order valence-electron chi connectivity index (χ4n) is 0.656. The number of thioether (sulfide) groups is 1. The van der Waals surface area contributed by atoms with E-state index in [1.54, 1.807) is 0 Å². The van der Waals surface area contributed by atoms with E-state index in [4.69, 9.17) is 5.11 Å². The minimum absolute atomic E-state index is 0.599. The first-order valence-corrected chi connectivity index (χ1v) is 4.02. The molecule has 76 valence electrons. The third-order valence-corrected chi connectivity index (χ3v) is 1.80. The molecule has 0 bridgehead atoms. The average molecular weight is 224 g/mol. The number of hydrogen-bond acceptors (Lipinski definition) is 4. The minimum Gasteiger partial charge on any atom is -0.476 e. The molecule has 0 spiro atoms. The summed E-state index contributed by atoms with van der Waals surface area (Å²) in [5.74, 6) is -1.54. The van der Waals surface area contributed by atoms with E-state index in [0.717, 1.165) is 12.4 Å². The second kappa shape index (κ2) is 3.82. The molecule has 4 nitrogen and oxygen atoms in total. The lowest BCUT2D eigenvalue weighted by Crippen LogP contribution is -2.08. The van der Waals surface area contributed by atoms with Gasteiger partial charge in [-0.1, -0.05) is 0 Å². The summed E-state index contributed by atoms with van der Waals surface area (Å²) >= 11 is -0.599. The number of alkyl halides is 3. The molecule has 0 fully saturated rings. The van der Waals surface area contributed by atoms with Gasteiger partial charge < -0.3 is 5.11 Å². The van der Waals surface area contributed by atoms with E-state index in [1.165, 1.54) is 0 Å². The van der Waals surface area contributed by atoms with Crippen molar-refractivity contribution >= 4 is 17.7 Å². The molecule has 14 heavy (non-hydrogen) atoms. The molecule has 1 N–H and O–H groups in total. The van der Waals surface area contributed by atoms with Crippen molar-refractivity contribution in [2.45, 2.75) is 10.5 Å². The first-order valence-electron chi connectivity index (χ1n) is 3.20. The van der Waals surface area contributed by atoms with E-state index < -0.39 is 34.0 Å². The smallest absolute Gasteiger partial charge is 0.447 e. The predicted molar refractivity (Wildman–Crippen MR) is 40.9 cm³/mol. The molecule has 0 unspecified atom stereocenters. The van der Waals surface area contributed by atoms with Gasteiger partial charge in [-0.05, 0) is 0 Å². The Morgan fingerprint density at radius 3 is 2.43 bits per heavy atom. The Balaban J connectivity index is 3.02. The maximum atomic E-state index is 11.9. The third-order valence-electron chi connectivity index (χ3n) is 1.08. The van der Waals surface area contributed by atoms with E-state index in [-0.39, 0.29) is 0 Å². The van der Waals surface area contributed by atoms with E-state index in [9.17, 15) is 18.0 Å². The van der Waals surface area contributed by atoms with Crippen LogP contribution in [-0.4, -0.2) is 26.6 Å². The number of aromatic carboxylic acids is 1. The van der Waals surface area contributed by atoms with E-state index >= 15 is 0 Å². The number of carbonyl (C=O) groups is 1. The molecular formula is C6H3F3N2O2S. The molecule has 1 rings (SSSR count). The number of hydrogen-bond donors (Lipinski definition) is 1. The first-order chi connectivity index (χ1) is 6.40. The zero-order valence-corrected chi connectivity index (χ0v) is 7.26. The number of rotatable bonds is 2. The fourth-order valence-corrected chi connectivity index (χ4v) is 1.23. The van der Waals surface area contributed by atoms with Gasteiger partial charge in [0.2, 0.25) is 0 Å². The summed E-state index contributed by atoms with van der Waals surface area (Å²) in [6, 6.07) is 0. The molecule has 1 heterocycles. The summed E-state index contributed by atoms with van der Waals surface area (Å²) in [4.78, 5) is 17.0. The molecule has 0 saturated heterocycles. The quantitative estimate of drug-likeness (QED) is 0.776. The van der Waals surface area contributed by atoms with Crippen LogP contribution in [0.1, 0.15) is 10.5 Å². The van der Waals surface area contributed by atoms with Gasteiger partial charge in [0.15, 0.2) is 5.69 Å². The molecule has 0 aromatic carbocycles. The van der Waals surface area contributed by atoms with Crippen LogP contribution in [0.25, 0.3) is 0 Å². The molecule has 8 heteroatoms. The minimum atomic E-state index is -4.57. The summed E-state index contributed by atoms with van der Waals surface area (Å²) in [5.41, 5.74) is -5.27. The average Bonchev–Trinajstić information content (AvgIpc) is 2.01. The number of aromatic nitrogens is 2. The molecule has 1 aromatic heterocycles. The van der Waals surface area contributed by atoms with Crippen LogP contribution in [-0.2, 0) is 0 Å². The van der Waals surface area contributed by atoms with Gasteiger partial charge in [-0.15, -0.1) is 0 Å². The standard InChI is InChI=1S/C6H3F3N2O2S/c7-6(8,9)14-4-3(5(12)13)10-1-2-11-4/h1-2H,(H,12,13). The van der Waals surface area contributed by atoms with E-state index in [2.05, 4.69) is 9.97 Å². The highest BCUT2D eigenvalue weighted by atomic mass is 32.2. The van der Waals surface area contributed by atoms with Crippen molar-refractivity contribution in [3.63, 3.8) is 0 Å². The molecule has 0 atom stereocenters. The lowest BCUT2D eigenvalue weighted by molar-refractivity contribution is -0.0329. The van der Waals surface area contributed by atoms with Crippen LogP contribution in [0.2, 0.25) is 0 Å². The summed E-state index contributed by atoms with van der Waals surface area (Å²) in [7, 11) is 0. The van der Waals surface area contributed by atoms with Crippen LogP contribution >= 0.6 is 11.8 Å². The summed E-state index contributed by atoms with van der Waals surface area (Å²) in [6.07, 6.45) is 2.02. The van der Waals surface area contributed by atoms with Crippen molar-refractivity contribution in [3.05, 3.63) is 18.1 Å². The van der Waals surface area contributed by atoms with Gasteiger partial charge in [0.25, 0.3) is 0 Å². The van der Waals surface area contributed by atoms with Crippen molar-refractivity contribution in [2.75, 3.05) is 0 Å². The highest BCUT2D eigenvalue weighted by Gasteiger charge is 2.32. The Hall–Kier alpha value is -1.31. The highest BCUT2D eigenvalue weighted by Crippen LogP contribution is 2.36. The van der Waals surface area contributed by atoms with Crippen LogP contribution in [0.4, 0.5) is 13.2 Å². The molecule has 0 aliphatic carbocycles. The predicted octanol–water partition coefficient (Wildman–Crippen LogP) is 1.79. The molecule has 0 aliphatic heterocycles. The Labute approximate surface area is 80.2 Å². The fraction of sp³-hybridized carbons (Fsp3) is 0.167. The van der Waals surface area contributed by atoms with Gasteiger partial charge in [0, 0.05) is 24.2 Å². The largest absolute Gasteiger partial charge is 0.476 e. The Kier molecular flexibility index (Phi) is 2.94. The number of carboxylic acid groups (broad SMARTS) is 1. The van der Waals surface area contributed by atoms with Crippen molar-refractivity contribution in [2.24, 2.45) is 0 Å². The van der Waals surface area contributed by atoms with Gasteiger partial charge in [-0.2, -0.15) is 13.2 Å². The molecule has 1 aromatic rings. The van der Waals surface area contributed by atoms with Crippen molar-refractivity contribution < 1.29 is 23.1 Å². The molecule has 0 aliphatic rings. The molecule has 0 amide bonds. The number of nitrogens with zero attached hydrogens (tertiary/aromatic N) is 2. The number of halogens is 3. The normalized spacial score (nSPS) is 11.4. The first kappa shape index (κ1) is 10.8. The lowest BCUT2D eigenvalue weighted by Gasteiger charge is -2.05. The van der Waals surface area contributed by atoms with Crippen LogP contribution in [0.3, 0.4) is 0 Å². The Morgan fingerprint density at radius 2 is 1.93 bits per heavy atom. The van der Waals surface area contributed by atoms with Gasteiger partial charge >= 0.3 is 11.5 Å². The topological polar surface area (TPSA) is 63.1 Å². The summed E-state index contributed by atoms with van der Waals surface area (Å²) in [6.45, 7) is 0. The van der Waals surface area contributed by atoms with Crippen LogP contribution in [0.15, 0.2) is 17.4 Å². The van der Waals surface area contributed by atoms with Crippen molar-refractivity contribution in [1.29, 1.82) is 0 Å². The van der Waals surface area contributed by atoms with E-state index in [0.29, 0.717) is 0 Å². The maximum absolute atomic E-state index is 11.9. The highest BCUT2D eigenvalue weighted by molar-refractivity contribution is 8.00. The second-order valence-corrected chi connectivity index (χ2v) is 3.12. The van der Waals surface area contributed by atoms with Crippen molar-refractivity contribution in [3.8, 4) is 0 Å². The van der Waals surface area contributed by atoms with Crippen LogP contribution in [0.5, 0.6) is 0 Å². The third kappa shape index (κ3) is 2.87. The van der Waals surface area contributed by atoms with Crippen LogP contribution < -0.4 is 0 Å². The molecule has 0 saturated carbocycles. The van der Waals surface area contributed by atoms with Crippen molar-refractivity contribution in [1.82, 2.24) is 9.97 Å². The van der Waals surface area contributed by atoms with Gasteiger partial charge in [0.05, 0.1) is 0 Å². The van der Waals surface area contributed by atoms with Gasteiger partial charge in [-0.25, -0.2) is 14.8 Å². The van der Waals surface area contributed by atoms with Gasteiger partial charge in [-0.3, -0.25) is 0 Å². The second-order valence-electron chi connectivity index (χ2n) is 2.06. The summed E-state index contributed by atoms with van der Waals surface area (Å²) in [5, 5.41) is 7.82.